The summed E-state index contributed by atoms with van der Waals surface area (Å²) in [7, 11) is 0. The Morgan fingerprint density at radius 3 is 2.71 bits per heavy atom. The first-order chi connectivity index (χ1) is 11.4. The molecule has 0 aromatic heterocycles. The standard InChI is InChI=1S/C14H19F4N5O/c15-10-5-8(12-22-13(24-23-12)14(16,17)18)1-2-9(10)6-21-11-7-19-3-4-20-11/h1-2,5,11-13,19-23H,3-4,6-7H2. The minimum Gasteiger partial charge on any atom is -0.313 e. The summed E-state index contributed by atoms with van der Waals surface area (Å²) in [6.07, 6.45) is -7.52. The van der Waals surface area contributed by atoms with Crippen LogP contribution in [-0.4, -0.2) is 38.2 Å². The SMILES string of the molecule is Fc1cc(C2NOC(C(F)(F)F)N2)ccc1CNC1CNCCN1. The van der Waals surface area contributed by atoms with Crippen molar-refractivity contribution in [3.63, 3.8) is 0 Å². The van der Waals surface area contributed by atoms with E-state index in [0.717, 1.165) is 19.6 Å². The van der Waals surface area contributed by atoms with Gasteiger partial charge in [-0.15, -0.1) is 0 Å². The molecule has 10 heteroatoms. The van der Waals surface area contributed by atoms with Crippen molar-refractivity contribution in [2.45, 2.75) is 31.3 Å². The van der Waals surface area contributed by atoms with Crippen LogP contribution in [0.15, 0.2) is 18.2 Å². The van der Waals surface area contributed by atoms with Crippen LogP contribution in [-0.2, 0) is 11.4 Å². The van der Waals surface area contributed by atoms with Gasteiger partial charge in [0, 0.05) is 31.7 Å². The molecule has 0 bridgehead atoms. The van der Waals surface area contributed by atoms with Gasteiger partial charge in [0.05, 0.1) is 6.17 Å². The van der Waals surface area contributed by atoms with Crippen LogP contribution in [0.25, 0.3) is 0 Å². The molecule has 1 aromatic rings. The van der Waals surface area contributed by atoms with Gasteiger partial charge in [-0.1, -0.05) is 12.1 Å². The molecule has 24 heavy (non-hydrogen) atoms. The van der Waals surface area contributed by atoms with E-state index in [1.165, 1.54) is 6.07 Å². The Bertz CT molecular complexity index is 565. The first kappa shape index (κ1) is 17.5. The quantitative estimate of drug-likeness (QED) is 0.509. The topological polar surface area (TPSA) is 69.4 Å². The smallest absolute Gasteiger partial charge is 0.313 e. The summed E-state index contributed by atoms with van der Waals surface area (Å²) in [5, 5.41) is 11.8. The number of hydroxylamine groups is 1. The molecule has 0 aliphatic carbocycles. The molecule has 2 fully saturated rings. The van der Waals surface area contributed by atoms with E-state index in [0.29, 0.717) is 17.7 Å². The van der Waals surface area contributed by atoms with Crippen LogP contribution in [0.5, 0.6) is 0 Å². The number of nitrogens with one attached hydrogen (secondary N) is 5. The maximum Gasteiger partial charge on any atom is 0.430 e. The van der Waals surface area contributed by atoms with Crippen LogP contribution in [0, 0.1) is 5.82 Å². The summed E-state index contributed by atoms with van der Waals surface area (Å²) in [5.41, 5.74) is 3.00. The highest BCUT2D eigenvalue weighted by Gasteiger charge is 2.46. The lowest BCUT2D eigenvalue weighted by Gasteiger charge is -2.25. The van der Waals surface area contributed by atoms with E-state index in [-0.39, 0.29) is 6.17 Å². The molecule has 0 spiro atoms. The number of alkyl halides is 3. The van der Waals surface area contributed by atoms with Gasteiger partial charge < -0.3 is 5.32 Å². The summed E-state index contributed by atoms with van der Waals surface area (Å²) in [6, 6.07) is 4.33. The molecule has 1 aromatic carbocycles. The fraction of sp³-hybridized carbons (Fsp3) is 0.571. The normalized spacial score (nSPS) is 28.2. The van der Waals surface area contributed by atoms with Crippen molar-refractivity contribution in [2.24, 2.45) is 0 Å². The second-order valence-corrected chi connectivity index (χ2v) is 5.70. The Hall–Kier alpha value is -1.30. The van der Waals surface area contributed by atoms with E-state index in [1.807, 2.05) is 0 Å². The zero-order valence-electron chi connectivity index (χ0n) is 12.7. The molecule has 3 rings (SSSR count). The van der Waals surface area contributed by atoms with E-state index in [1.54, 1.807) is 12.1 Å². The Labute approximate surface area is 136 Å². The van der Waals surface area contributed by atoms with Crippen molar-refractivity contribution in [1.29, 1.82) is 0 Å². The molecule has 0 amide bonds. The van der Waals surface area contributed by atoms with E-state index in [9.17, 15) is 17.6 Å². The Balaban J connectivity index is 1.58. The summed E-state index contributed by atoms with van der Waals surface area (Å²) >= 11 is 0. The molecule has 134 valence electrons. The average molecular weight is 349 g/mol. The molecule has 5 N–H and O–H groups in total. The summed E-state index contributed by atoms with van der Waals surface area (Å²) in [5.74, 6) is -0.483. The zero-order valence-corrected chi connectivity index (χ0v) is 12.7. The van der Waals surface area contributed by atoms with Gasteiger partial charge in [-0.25, -0.2) is 4.39 Å². The molecule has 3 atom stereocenters. The molecule has 3 unspecified atom stereocenters. The molecule has 2 aliphatic heterocycles. The van der Waals surface area contributed by atoms with Gasteiger partial charge in [-0.2, -0.15) is 18.7 Å². The number of benzene rings is 1. The van der Waals surface area contributed by atoms with E-state index >= 15 is 0 Å². The second kappa shape index (κ2) is 7.30. The highest BCUT2D eigenvalue weighted by Crippen LogP contribution is 2.27. The lowest BCUT2D eigenvalue weighted by Crippen LogP contribution is -2.55. The summed E-state index contributed by atoms with van der Waals surface area (Å²) < 4.78 is 51.8. The van der Waals surface area contributed by atoms with Crippen molar-refractivity contribution >= 4 is 0 Å². The van der Waals surface area contributed by atoms with E-state index < -0.39 is 24.4 Å². The molecule has 2 heterocycles. The van der Waals surface area contributed by atoms with E-state index in [4.69, 9.17) is 0 Å². The number of piperazine rings is 1. The van der Waals surface area contributed by atoms with Crippen molar-refractivity contribution in [1.82, 2.24) is 26.7 Å². The number of hydrogen-bond acceptors (Lipinski definition) is 6. The van der Waals surface area contributed by atoms with Gasteiger partial charge in [0.25, 0.3) is 0 Å². The lowest BCUT2D eigenvalue weighted by atomic mass is 10.1. The van der Waals surface area contributed by atoms with Crippen LogP contribution < -0.4 is 26.7 Å². The lowest BCUT2D eigenvalue weighted by molar-refractivity contribution is -0.224. The largest absolute Gasteiger partial charge is 0.430 e. The molecule has 0 radical (unpaired) electrons. The van der Waals surface area contributed by atoms with Crippen molar-refractivity contribution in [3.05, 3.63) is 35.1 Å². The maximum absolute atomic E-state index is 14.2. The minimum absolute atomic E-state index is 0.0527. The third-order valence-electron chi connectivity index (χ3n) is 3.91. The number of hydrogen-bond donors (Lipinski definition) is 5. The highest BCUT2D eigenvalue weighted by molar-refractivity contribution is 5.26. The van der Waals surface area contributed by atoms with Crippen LogP contribution in [0.1, 0.15) is 17.3 Å². The fourth-order valence-corrected chi connectivity index (χ4v) is 2.60. The molecular formula is C14H19F4N5O. The zero-order chi connectivity index (χ0) is 17.2. The van der Waals surface area contributed by atoms with Gasteiger partial charge in [-0.3, -0.25) is 20.8 Å². The first-order valence-electron chi connectivity index (χ1n) is 7.63. The Morgan fingerprint density at radius 1 is 1.25 bits per heavy atom. The van der Waals surface area contributed by atoms with Gasteiger partial charge >= 0.3 is 6.18 Å². The van der Waals surface area contributed by atoms with E-state index in [2.05, 4.69) is 31.6 Å². The van der Waals surface area contributed by atoms with Gasteiger partial charge in [0.1, 0.15) is 12.0 Å². The maximum atomic E-state index is 14.2. The minimum atomic E-state index is -4.54. The number of halogens is 4. The summed E-state index contributed by atoms with van der Waals surface area (Å²) in [4.78, 5) is 4.45. The van der Waals surface area contributed by atoms with Crippen LogP contribution in [0.4, 0.5) is 17.6 Å². The molecule has 2 aliphatic rings. The molecular weight excluding hydrogens is 330 g/mol. The van der Waals surface area contributed by atoms with Gasteiger partial charge in [-0.05, 0) is 11.6 Å². The monoisotopic (exact) mass is 349 g/mol. The Kier molecular flexibility index (Phi) is 5.33. The van der Waals surface area contributed by atoms with Crippen LogP contribution >= 0.6 is 0 Å². The summed E-state index contributed by atoms with van der Waals surface area (Å²) in [6.45, 7) is 2.78. The van der Waals surface area contributed by atoms with Gasteiger partial charge in [0.2, 0.25) is 6.23 Å². The van der Waals surface area contributed by atoms with Crippen LogP contribution in [0.3, 0.4) is 0 Å². The third kappa shape index (κ3) is 4.21. The predicted octanol–water partition coefficient (Wildman–Crippen LogP) is 0.446. The first-order valence-corrected chi connectivity index (χ1v) is 7.63. The second-order valence-electron chi connectivity index (χ2n) is 5.70. The third-order valence-corrected chi connectivity index (χ3v) is 3.91. The molecule has 0 saturated carbocycles. The number of rotatable bonds is 4. The van der Waals surface area contributed by atoms with Crippen molar-refractivity contribution < 1.29 is 22.4 Å². The Morgan fingerprint density at radius 2 is 2.08 bits per heavy atom. The predicted molar refractivity (Wildman–Crippen MR) is 77.8 cm³/mol. The highest BCUT2D eigenvalue weighted by atomic mass is 19.4. The fourth-order valence-electron chi connectivity index (χ4n) is 2.60. The van der Waals surface area contributed by atoms with Gasteiger partial charge in [0.15, 0.2) is 0 Å². The van der Waals surface area contributed by atoms with Crippen molar-refractivity contribution in [2.75, 3.05) is 19.6 Å². The molecule has 2 saturated heterocycles. The molecule has 6 nitrogen and oxygen atoms in total. The average Bonchev–Trinajstić information content (AvgIpc) is 3.05. The van der Waals surface area contributed by atoms with Crippen molar-refractivity contribution in [3.8, 4) is 0 Å². The van der Waals surface area contributed by atoms with Crippen LogP contribution in [0.2, 0.25) is 0 Å².